The normalized spacial score (nSPS) is 10.4. The van der Waals surface area contributed by atoms with E-state index in [1.165, 1.54) is 0 Å². The lowest BCUT2D eigenvalue weighted by Gasteiger charge is -2.10. The highest BCUT2D eigenvalue weighted by Crippen LogP contribution is 2.48. The standard InChI is InChI=1S/C7Cl6OS2/c8-1-2(9)4(11)6(5(12)3(1)10)15-7(13)16-14. The molecule has 0 N–H and O–H groups in total. The molecule has 9 heteroatoms. The van der Waals surface area contributed by atoms with E-state index in [2.05, 4.69) is 0 Å². The van der Waals surface area contributed by atoms with Crippen molar-refractivity contribution in [3.8, 4) is 0 Å². The Hall–Kier alpha value is 1.20. The van der Waals surface area contributed by atoms with Crippen LogP contribution in [-0.2, 0) is 11.3 Å². The number of halogens is 6. The Morgan fingerprint density at radius 1 is 0.812 bits per heavy atom. The van der Waals surface area contributed by atoms with Gasteiger partial charge >= 0.3 is 0 Å². The van der Waals surface area contributed by atoms with Crippen molar-refractivity contribution in [3.63, 3.8) is 0 Å². The van der Waals surface area contributed by atoms with Crippen molar-refractivity contribution < 1.29 is 4.21 Å². The van der Waals surface area contributed by atoms with Gasteiger partial charge in [0.05, 0.1) is 30.0 Å². The molecular formula is C7Cl6OS2. The first-order chi connectivity index (χ1) is 7.40. The number of benzene rings is 1. The van der Waals surface area contributed by atoms with Crippen molar-refractivity contribution in [1.29, 1.82) is 0 Å². The summed E-state index contributed by atoms with van der Waals surface area (Å²) in [6, 6.07) is 0. The van der Waals surface area contributed by atoms with Gasteiger partial charge in [-0.15, -0.1) is 0 Å². The molecule has 0 aliphatic heterocycles. The topological polar surface area (TPSA) is 17.1 Å². The lowest BCUT2D eigenvalue weighted by Crippen LogP contribution is -1.86. The summed E-state index contributed by atoms with van der Waals surface area (Å²) in [5, 5.41) is 0.423. The highest BCUT2D eigenvalue weighted by molar-refractivity contribution is 8.24. The molecule has 0 atom stereocenters. The molecule has 0 radical (unpaired) electrons. The Morgan fingerprint density at radius 3 is 1.56 bits per heavy atom. The highest BCUT2D eigenvalue weighted by Gasteiger charge is 2.20. The Bertz CT molecular complexity index is 467. The first-order valence-corrected chi connectivity index (χ1v) is 7.24. The summed E-state index contributed by atoms with van der Waals surface area (Å²) in [6.45, 7) is 0. The summed E-state index contributed by atoms with van der Waals surface area (Å²) < 4.78 is 10.4. The van der Waals surface area contributed by atoms with Gasteiger partial charge in [-0.05, 0) is 0 Å². The molecule has 1 aromatic carbocycles. The van der Waals surface area contributed by atoms with Gasteiger partial charge in [0.2, 0.25) is 0 Å². The molecule has 0 saturated heterocycles. The maximum Gasteiger partial charge on any atom is 0.171 e. The summed E-state index contributed by atoms with van der Waals surface area (Å²) in [5.41, 5.74) is 0. The van der Waals surface area contributed by atoms with Crippen molar-refractivity contribution >= 4 is 96.3 Å². The number of hydrogen-bond acceptors (Lipinski definition) is 2. The van der Waals surface area contributed by atoms with Gasteiger partial charge in [-0.1, -0.05) is 81.4 Å². The van der Waals surface area contributed by atoms with Crippen LogP contribution in [0.25, 0.3) is 0 Å². The molecule has 88 valence electrons. The van der Waals surface area contributed by atoms with Crippen LogP contribution in [0.5, 0.6) is 0 Å². The zero-order chi connectivity index (χ0) is 12.5. The van der Waals surface area contributed by atoms with E-state index in [4.69, 9.17) is 69.6 Å². The van der Waals surface area contributed by atoms with E-state index in [0.29, 0.717) is 4.90 Å². The SMILES string of the molecule is O=S=C(Cl)Sc1c(Cl)c(Cl)c(Cl)c(Cl)c1Cl. The molecule has 0 unspecified atom stereocenters. The monoisotopic (exact) mass is 374 g/mol. The maximum absolute atomic E-state index is 10.4. The molecule has 1 aromatic rings. The van der Waals surface area contributed by atoms with E-state index in [1.807, 2.05) is 0 Å². The lowest BCUT2D eigenvalue weighted by molar-refractivity contribution is 0.701. The van der Waals surface area contributed by atoms with Crippen molar-refractivity contribution in [2.45, 2.75) is 4.90 Å². The second-order valence-electron chi connectivity index (χ2n) is 2.32. The molecule has 1 nitrogen and oxygen atoms in total. The first kappa shape index (κ1) is 15.3. The van der Waals surface area contributed by atoms with Crippen LogP contribution in [0.4, 0.5) is 0 Å². The van der Waals surface area contributed by atoms with Crippen molar-refractivity contribution in [3.05, 3.63) is 25.1 Å². The number of thioether (sulfide) groups is 1. The van der Waals surface area contributed by atoms with Crippen molar-refractivity contribution in [2.24, 2.45) is 0 Å². The van der Waals surface area contributed by atoms with Crippen LogP contribution in [0.1, 0.15) is 0 Å². The fourth-order valence-corrected chi connectivity index (χ4v) is 3.41. The van der Waals surface area contributed by atoms with Crippen LogP contribution in [0.15, 0.2) is 4.90 Å². The zero-order valence-electron chi connectivity index (χ0n) is 6.99. The fraction of sp³-hybridized carbons (Fsp3) is 0. The zero-order valence-corrected chi connectivity index (χ0v) is 13.2. The van der Waals surface area contributed by atoms with Gasteiger partial charge in [-0.3, -0.25) is 0 Å². The van der Waals surface area contributed by atoms with E-state index in [-0.39, 0.29) is 40.0 Å². The third-order valence-corrected chi connectivity index (χ3v) is 5.70. The first-order valence-electron chi connectivity index (χ1n) is 3.41. The second-order valence-corrected chi connectivity index (χ2v) is 6.89. The molecule has 0 aliphatic rings. The van der Waals surface area contributed by atoms with Crippen molar-refractivity contribution in [2.75, 3.05) is 0 Å². The second kappa shape index (κ2) is 6.39. The van der Waals surface area contributed by atoms with Crippen LogP contribution < -0.4 is 0 Å². The molecule has 0 saturated carbocycles. The minimum atomic E-state index is -0.00162. The summed E-state index contributed by atoms with van der Waals surface area (Å²) in [5.74, 6) is 0. The smallest absolute Gasteiger partial charge is 0.171 e. The Labute approximate surface area is 129 Å². The third-order valence-electron chi connectivity index (χ3n) is 1.42. The van der Waals surface area contributed by atoms with Crippen molar-refractivity contribution in [1.82, 2.24) is 0 Å². The summed E-state index contributed by atoms with van der Waals surface area (Å²) in [4.78, 5) is 0.302. The quantitative estimate of drug-likeness (QED) is 0.209. The highest BCUT2D eigenvalue weighted by atomic mass is 35.5. The molecular weight excluding hydrogens is 377 g/mol. The predicted molar refractivity (Wildman–Crippen MR) is 76.4 cm³/mol. The Kier molecular flexibility index (Phi) is 6.09. The molecule has 0 amide bonds. The van der Waals surface area contributed by atoms with E-state index in [9.17, 15) is 4.21 Å². The van der Waals surface area contributed by atoms with E-state index >= 15 is 0 Å². The average Bonchev–Trinajstić information content (AvgIpc) is 2.29. The van der Waals surface area contributed by atoms with Gasteiger partial charge in [0.15, 0.2) is 3.66 Å². The van der Waals surface area contributed by atoms with Crippen LogP contribution in [0.2, 0.25) is 25.1 Å². The largest absolute Gasteiger partial charge is 0.210 e. The van der Waals surface area contributed by atoms with Crippen LogP contribution >= 0.6 is 81.4 Å². The van der Waals surface area contributed by atoms with Gasteiger partial charge in [0.25, 0.3) is 0 Å². The lowest BCUT2D eigenvalue weighted by atomic mass is 10.3. The molecule has 1 rings (SSSR count). The number of rotatable bonds is 1. The van der Waals surface area contributed by atoms with Crippen LogP contribution in [0.3, 0.4) is 0 Å². The van der Waals surface area contributed by atoms with Gasteiger partial charge in [0, 0.05) is 0 Å². The minimum Gasteiger partial charge on any atom is -0.210 e. The van der Waals surface area contributed by atoms with Gasteiger partial charge in [0.1, 0.15) is 11.3 Å². The van der Waals surface area contributed by atoms with Crippen LogP contribution in [-0.4, -0.2) is 7.86 Å². The molecule has 0 heterocycles. The summed E-state index contributed by atoms with van der Waals surface area (Å²) >= 11 is 35.8. The third kappa shape index (κ3) is 3.15. The van der Waals surface area contributed by atoms with Gasteiger partial charge in [-0.25, -0.2) is 4.21 Å². The van der Waals surface area contributed by atoms with Crippen LogP contribution in [0, 0.1) is 0 Å². The minimum absolute atomic E-state index is 0.00162. The summed E-state index contributed by atoms with van der Waals surface area (Å²) in [7, 11) is 0. The Morgan fingerprint density at radius 2 is 1.19 bits per heavy atom. The molecule has 0 spiro atoms. The van der Waals surface area contributed by atoms with Gasteiger partial charge in [-0.2, -0.15) is 0 Å². The molecule has 0 aromatic heterocycles. The van der Waals surface area contributed by atoms with E-state index in [0.717, 1.165) is 11.8 Å². The summed E-state index contributed by atoms with van der Waals surface area (Å²) in [6.07, 6.45) is 0. The fourth-order valence-electron chi connectivity index (χ4n) is 0.772. The average molecular weight is 377 g/mol. The van der Waals surface area contributed by atoms with E-state index in [1.54, 1.807) is 0 Å². The van der Waals surface area contributed by atoms with E-state index < -0.39 is 0 Å². The molecule has 16 heavy (non-hydrogen) atoms. The molecule has 0 bridgehead atoms. The maximum atomic E-state index is 10.4. The molecule has 0 fully saturated rings. The number of hydrogen-bond donors (Lipinski definition) is 0. The predicted octanol–water partition coefficient (Wildman–Crippen LogP) is 5.58. The Balaban J connectivity index is 3.45. The molecule has 0 aliphatic carbocycles. The van der Waals surface area contributed by atoms with Gasteiger partial charge < -0.3 is 0 Å².